The summed E-state index contributed by atoms with van der Waals surface area (Å²) in [4.78, 5) is 0. The number of nitrogens with two attached hydrogens (primary N) is 1. The van der Waals surface area contributed by atoms with Gasteiger partial charge in [-0.25, -0.2) is 0 Å². The first kappa shape index (κ1) is 12.2. The van der Waals surface area contributed by atoms with Gasteiger partial charge in [0.25, 0.3) is 0 Å². The predicted octanol–water partition coefficient (Wildman–Crippen LogP) is 3.42. The number of hydrogen-bond donors (Lipinski definition) is 1. The summed E-state index contributed by atoms with van der Waals surface area (Å²) in [5, 5.41) is 1.43. The molecular formula is C15H22N2. The van der Waals surface area contributed by atoms with Crippen LogP contribution in [0, 0.1) is 6.92 Å². The summed E-state index contributed by atoms with van der Waals surface area (Å²) in [5.74, 6) is 0. The first-order valence-electron chi connectivity index (χ1n) is 6.44. The molecule has 0 saturated heterocycles. The Morgan fingerprint density at radius 2 is 2.06 bits per heavy atom. The van der Waals surface area contributed by atoms with E-state index in [1.165, 1.54) is 22.0 Å². The van der Waals surface area contributed by atoms with Gasteiger partial charge in [0.2, 0.25) is 0 Å². The molecule has 92 valence electrons. The van der Waals surface area contributed by atoms with Gasteiger partial charge >= 0.3 is 0 Å². The third-order valence-corrected chi connectivity index (χ3v) is 3.35. The number of aromatic nitrogens is 1. The summed E-state index contributed by atoms with van der Waals surface area (Å²) in [7, 11) is 0. The van der Waals surface area contributed by atoms with Crippen molar-refractivity contribution in [3.05, 3.63) is 35.5 Å². The van der Waals surface area contributed by atoms with Crippen molar-refractivity contribution < 1.29 is 0 Å². The van der Waals surface area contributed by atoms with E-state index in [0.717, 1.165) is 19.4 Å². The fraction of sp³-hybridized carbons (Fsp3) is 0.467. The minimum Gasteiger partial charge on any atom is -0.345 e. The number of nitrogens with zero attached hydrogens (tertiary/aromatic N) is 1. The Morgan fingerprint density at radius 3 is 2.71 bits per heavy atom. The van der Waals surface area contributed by atoms with Gasteiger partial charge < -0.3 is 10.3 Å². The van der Waals surface area contributed by atoms with Crippen LogP contribution in [0.25, 0.3) is 10.9 Å². The van der Waals surface area contributed by atoms with Gasteiger partial charge in [-0.2, -0.15) is 0 Å². The van der Waals surface area contributed by atoms with Gasteiger partial charge in [-0.1, -0.05) is 12.1 Å². The second-order valence-corrected chi connectivity index (χ2v) is 5.02. The first-order valence-corrected chi connectivity index (χ1v) is 6.44. The predicted molar refractivity (Wildman–Crippen MR) is 74.4 cm³/mol. The summed E-state index contributed by atoms with van der Waals surface area (Å²) in [6.45, 7) is 7.42. The van der Waals surface area contributed by atoms with E-state index in [1.54, 1.807) is 0 Å². The van der Waals surface area contributed by atoms with E-state index in [-0.39, 0.29) is 0 Å². The van der Waals surface area contributed by atoms with E-state index in [2.05, 4.69) is 49.7 Å². The lowest BCUT2D eigenvalue weighted by atomic mass is 10.0. The smallest absolute Gasteiger partial charge is 0.0488 e. The van der Waals surface area contributed by atoms with Crippen molar-refractivity contribution in [2.24, 2.45) is 5.73 Å². The maximum Gasteiger partial charge on any atom is 0.0488 e. The van der Waals surface area contributed by atoms with Crippen LogP contribution < -0.4 is 5.73 Å². The zero-order valence-electron chi connectivity index (χ0n) is 11.0. The van der Waals surface area contributed by atoms with E-state index < -0.39 is 0 Å². The number of aryl methyl sites for hydroxylation is 2. The van der Waals surface area contributed by atoms with Gasteiger partial charge in [0.15, 0.2) is 0 Å². The Labute approximate surface area is 103 Å². The maximum absolute atomic E-state index is 5.62. The summed E-state index contributed by atoms with van der Waals surface area (Å²) in [6.07, 6.45) is 4.45. The molecule has 1 aromatic heterocycles. The van der Waals surface area contributed by atoms with E-state index in [9.17, 15) is 0 Å². The molecule has 2 N–H and O–H groups in total. The van der Waals surface area contributed by atoms with E-state index in [0.29, 0.717) is 6.04 Å². The third-order valence-electron chi connectivity index (χ3n) is 3.35. The SMILES string of the molecule is Cc1cccc2c1c(CCCN)cn2C(C)C. The van der Waals surface area contributed by atoms with Crippen LogP contribution in [0.4, 0.5) is 0 Å². The zero-order chi connectivity index (χ0) is 12.4. The standard InChI is InChI=1S/C15H22N2/c1-11(2)17-10-13(7-5-9-16)15-12(3)6-4-8-14(15)17/h4,6,8,10-11H,5,7,9,16H2,1-3H3. The first-order chi connectivity index (χ1) is 8.15. The van der Waals surface area contributed by atoms with Gasteiger partial charge in [-0.3, -0.25) is 0 Å². The lowest BCUT2D eigenvalue weighted by Crippen LogP contribution is -2.00. The molecule has 17 heavy (non-hydrogen) atoms. The Morgan fingerprint density at radius 1 is 1.29 bits per heavy atom. The normalized spacial score (nSPS) is 11.6. The van der Waals surface area contributed by atoms with Crippen molar-refractivity contribution in [1.82, 2.24) is 4.57 Å². The second-order valence-electron chi connectivity index (χ2n) is 5.02. The molecule has 0 amide bonds. The van der Waals surface area contributed by atoms with Crippen molar-refractivity contribution in [2.45, 2.75) is 39.7 Å². The topological polar surface area (TPSA) is 30.9 Å². The van der Waals surface area contributed by atoms with Crippen LogP contribution in [0.1, 0.15) is 37.4 Å². The van der Waals surface area contributed by atoms with Crippen LogP contribution in [0.5, 0.6) is 0 Å². The van der Waals surface area contributed by atoms with Crippen molar-refractivity contribution in [3.63, 3.8) is 0 Å². The van der Waals surface area contributed by atoms with Gasteiger partial charge in [-0.05, 0) is 57.4 Å². The molecule has 0 radical (unpaired) electrons. The fourth-order valence-electron chi connectivity index (χ4n) is 2.50. The van der Waals surface area contributed by atoms with Crippen LogP contribution >= 0.6 is 0 Å². The molecular weight excluding hydrogens is 208 g/mol. The molecule has 2 heteroatoms. The largest absolute Gasteiger partial charge is 0.345 e. The molecule has 0 aliphatic heterocycles. The monoisotopic (exact) mass is 230 g/mol. The van der Waals surface area contributed by atoms with Crippen LogP contribution in [-0.2, 0) is 6.42 Å². The summed E-state index contributed by atoms with van der Waals surface area (Å²) >= 11 is 0. The molecule has 1 aromatic carbocycles. The van der Waals surface area contributed by atoms with E-state index in [1.807, 2.05) is 0 Å². The Bertz CT molecular complexity index is 509. The molecule has 2 rings (SSSR count). The molecule has 0 saturated carbocycles. The number of hydrogen-bond acceptors (Lipinski definition) is 1. The van der Waals surface area contributed by atoms with Crippen molar-refractivity contribution >= 4 is 10.9 Å². The summed E-state index contributed by atoms with van der Waals surface area (Å²) in [5.41, 5.74) is 9.78. The number of fused-ring (bicyclic) bond motifs is 1. The molecule has 0 fully saturated rings. The highest BCUT2D eigenvalue weighted by molar-refractivity contribution is 5.87. The minimum atomic E-state index is 0.505. The molecule has 0 unspecified atom stereocenters. The molecule has 1 heterocycles. The minimum absolute atomic E-state index is 0.505. The van der Waals surface area contributed by atoms with Crippen molar-refractivity contribution in [1.29, 1.82) is 0 Å². The zero-order valence-corrected chi connectivity index (χ0v) is 11.0. The molecule has 2 nitrogen and oxygen atoms in total. The number of benzene rings is 1. The lowest BCUT2D eigenvalue weighted by Gasteiger charge is -2.09. The Balaban J connectivity index is 2.59. The maximum atomic E-state index is 5.62. The van der Waals surface area contributed by atoms with Gasteiger partial charge in [-0.15, -0.1) is 0 Å². The molecule has 0 atom stereocenters. The highest BCUT2D eigenvalue weighted by Crippen LogP contribution is 2.28. The van der Waals surface area contributed by atoms with E-state index in [4.69, 9.17) is 5.73 Å². The van der Waals surface area contributed by atoms with Crippen molar-refractivity contribution in [3.8, 4) is 0 Å². The molecule has 0 aliphatic carbocycles. The lowest BCUT2D eigenvalue weighted by molar-refractivity contribution is 0.620. The van der Waals surface area contributed by atoms with Crippen LogP contribution in [0.15, 0.2) is 24.4 Å². The van der Waals surface area contributed by atoms with Gasteiger partial charge in [0.1, 0.15) is 0 Å². The van der Waals surface area contributed by atoms with Crippen LogP contribution in [0.2, 0.25) is 0 Å². The van der Waals surface area contributed by atoms with Gasteiger partial charge in [0.05, 0.1) is 0 Å². The Kier molecular flexibility index (Phi) is 3.53. The third kappa shape index (κ3) is 2.22. The fourth-order valence-corrected chi connectivity index (χ4v) is 2.50. The van der Waals surface area contributed by atoms with Crippen LogP contribution in [0.3, 0.4) is 0 Å². The second kappa shape index (κ2) is 4.92. The molecule has 0 spiro atoms. The Hall–Kier alpha value is -1.28. The van der Waals surface area contributed by atoms with Crippen molar-refractivity contribution in [2.75, 3.05) is 6.54 Å². The van der Waals surface area contributed by atoms with Gasteiger partial charge in [0, 0.05) is 23.1 Å². The average Bonchev–Trinajstić information content (AvgIpc) is 2.67. The summed E-state index contributed by atoms with van der Waals surface area (Å²) < 4.78 is 2.37. The quantitative estimate of drug-likeness (QED) is 0.857. The molecule has 0 aliphatic rings. The average molecular weight is 230 g/mol. The molecule has 0 bridgehead atoms. The molecule has 2 aromatic rings. The highest BCUT2D eigenvalue weighted by atomic mass is 15.0. The van der Waals surface area contributed by atoms with E-state index >= 15 is 0 Å². The number of rotatable bonds is 4. The highest BCUT2D eigenvalue weighted by Gasteiger charge is 2.11. The van der Waals surface area contributed by atoms with Crippen LogP contribution in [-0.4, -0.2) is 11.1 Å². The summed E-state index contributed by atoms with van der Waals surface area (Å²) in [6, 6.07) is 7.06.